The molecule has 0 aliphatic heterocycles. The minimum absolute atomic E-state index is 0.248. The van der Waals surface area contributed by atoms with Gasteiger partial charge in [-0.25, -0.2) is 4.79 Å². The fraction of sp³-hybridized carbons (Fsp3) is 0.737. The van der Waals surface area contributed by atoms with Gasteiger partial charge in [-0.15, -0.1) is 0 Å². The summed E-state index contributed by atoms with van der Waals surface area (Å²) in [6, 6.07) is 0. The Morgan fingerprint density at radius 2 is 1.37 bits per heavy atom. The highest BCUT2D eigenvalue weighted by molar-refractivity contribution is 5.81. The lowest BCUT2D eigenvalue weighted by molar-refractivity contribution is -0.188. The van der Waals surface area contributed by atoms with Gasteiger partial charge in [-0.3, -0.25) is 9.59 Å². The molecule has 1 rings (SSSR count). The molecule has 0 radical (unpaired) electrons. The van der Waals surface area contributed by atoms with Gasteiger partial charge < -0.3 is 23.7 Å². The molecule has 1 saturated carbocycles. The molecule has 8 nitrogen and oxygen atoms in total. The predicted molar refractivity (Wildman–Crippen MR) is 95.3 cm³/mol. The zero-order chi connectivity index (χ0) is 20.4. The SMILES string of the molecule is C=CC(=O)OC1CC(C(=O)OC(C)OCC)CC(C(=O)OC(C)OCC)C1. The van der Waals surface area contributed by atoms with E-state index in [2.05, 4.69) is 6.58 Å². The quantitative estimate of drug-likeness (QED) is 0.244. The molecule has 0 spiro atoms. The van der Waals surface area contributed by atoms with E-state index in [1.165, 1.54) is 0 Å². The molecule has 0 bridgehead atoms. The van der Waals surface area contributed by atoms with E-state index in [0.29, 0.717) is 13.2 Å². The molecule has 0 N–H and O–H groups in total. The molecule has 4 atom stereocenters. The highest BCUT2D eigenvalue weighted by atomic mass is 16.7. The van der Waals surface area contributed by atoms with Gasteiger partial charge in [-0.2, -0.15) is 0 Å². The van der Waals surface area contributed by atoms with Crippen molar-refractivity contribution >= 4 is 17.9 Å². The second-order valence-corrected chi connectivity index (χ2v) is 6.28. The Morgan fingerprint density at radius 3 is 1.74 bits per heavy atom. The lowest BCUT2D eigenvalue weighted by atomic mass is 9.79. The molecule has 0 heterocycles. The molecule has 4 unspecified atom stereocenters. The summed E-state index contributed by atoms with van der Waals surface area (Å²) in [5.74, 6) is -2.81. The number of hydrogen-bond donors (Lipinski definition) is 0. The second-order valence-electron chi connectivity index (χ2n) is 6.28. The van der Waals surface area contributed by atoms with E-state index >= 15 is 0 Å². The Kier molecular flexibility index (Phi) is 10.0. The lowest BCUT2D eigenvalue weighted by Crippen LogP contribution is -2.39. The van der Waals surface area contributed by atoms with E-state index in [1.807, 2.05) is 0 Å². The molecule has 27 heavy (non-hydrogen) atoms. The van der Waals surface area contributed by atoms with Crippen molar-refractivity contribution in [2.24, 2.45) is 11.8 Å². The molecule has 1 fully saturated rings. The summed E-state index contributed by atoms with van der Waals surface area (Å²) in [5.41, 5.74) is 0. The molecular weight excluding hydrogens is 356 g/mol. The number of rotatable bonds is 10. The fourth-order valence-corrected chi connectivity index (χ4v) is 3.02. The van der Waals surface area contributed by atoms with Crippen LogP contribution in [0.3, 0.4) is 0 Å². The number of ether oxygens (including phenoxy) is 5. The molecule has 0 aromatic heterocycles. The summed E-state index contributed by atoms with van der Waals surface area (Å²) >= 11 is 0. The summed E-state index contributed by atoms with van der Waals surface area (Å²) in [6.45, 7) is 11.0. The van der Waals surface area contributed by atoms with E-state index in [1.54, 1.807) is 27.7 Å². The third-order valence-electron chi connectivity index (χ3n) is 4.15. The summed E-state index contributed by atoms with van der Waals surface area (Å²) in [7, 11) is 0. The Labute approximate surface area is 160 Å². The van der Waals surface area contributed by atoms with Crippen molar-refractivity contribution in [3.63, 3.8) is 0 Å². The van der Waals surface area contributed by atoms with Crippen molar-refractivity contribution in [3.05, 3.63) is 12.7 Å². The smallest absolute Gasteiger partial charge is 0.330 e. The summed E-state index contributed by atoms with van der Waals surface area (Å²) in [6.07, 6.45) is -0.168. The third-order valence-corrected chi connectivity index (χ3v) is 4.15. The van der Waals surface area contributed by atoms with Gasteiger partial charge in [0.2, 0.25) is 0 Å². The summed E-state index contributed by atoms with van der Waals surface area (Å²) < 4.78 is 26.2. The Morgan fingerprint density at radius 1 is 0.926 bits per heavy atom. The van der Waals surface area contributed by atoms with Crippen LogP contribution in [-0.2, 0) is 38.1 Å². The molecule has 0 saturated heterocycles. The Bertz CT molecular complexity index is 484. The van der Waals surface area contributed by atoms with Crippen molar-refractivity contribution in [1.29, 1.82) is 0 Å². The van der Waals surface area contributed by atoms with Crippen molar-refractivity contribution < 1.29 is 38.1 Å². The first-order valence-corrected chi connectivity index (χ1v) is 9.27. The molecule has 1 aliphatic carbocycles. The molecular formula is C19H30O8. The number of carbonyl (C=O) groups is 3. The normalized spacial score (nSPS) is 24.4. The van der Waals surface area contributed by atoms with E-state index in [4.69, 9.17) is 23.7 Å². The third kappa shape index (κ3) is 8.09. The van der Waals surface area contributed by atoms with Crippen LogP contribution >= 0.6 is 0 Å². The summed E-state index contributed by atoms with van der Waals surface area (Å²) in [4.78, 5) is 36.4. The molecule has 8 heteroatoms. The standard InChI is InChI=1S/C19H30O8/c1-6-17(20)27-16-10-14(18(21)25-12(4)23-7-2)9-15(11-16)19(22)26-13(5)24-8-3/h6,12-16H,1,7-11H2,2-5H3. The van der Waals surface area contributed by atoms with E-state index in [0.717, 1.165) is 6.08 Å². The van der Waals surface area contributed by atoms with Crippen LogP contribution < -0.4 is 0 Å². The zero-order valence-electron chi connectivity index (χ0n) is 16.5. The number of esters is 3. The largest absolute Gasteiger partial charge is 0.459 e. The Balaban J connectivity index is 2.80. The zero-order valence-corrected chi connectivity index (χ0v) is 16.5. The van der Waals surface area contributed by atoms with Crippen LogP contribution in [-0.4, -0.2) is 49.8 Å². The predicted octanol–water partition coefficient (Wildman–Crippen LogP) is 2.35. The molecule has 0 aromatic rings. The van der Waals surface area contributed by atoms with Gasteiger partial charge in [0.1, 0.15) is 6.10 Å². The van der Waals surface area contributed by atoms with Crippen LogP contribution in [0.5, 0.6) is 0 Å². The fourth-order valence-electron chi connectivity index (χ4n) is 3.02. The van der Waals surface area contributed by atoms with Crippen LogP contribution in [0.1, 0.15) is 47.0 Å². The average Bonchev–Trinajstić information content (AvgIpc) is 2.61. The van der Waals surface area contributed by atoms with E-state index < -0.39 is 48.4 Å². The Hall–Kier alpha value is -1.93. The average molecular weight is 386 g/mol. The number of hydrogen-bond acceptors (Lipinski definition) is 8. The minimum Gasteiger partial charge on any atom is -0.459 e. The number of carbonyl (C=O) groups excluding carboxylic acids is 3. The first-order valence-electron chi connectivity index (χ1n) is 9.27. The van der Waals surface area contributed by atoms with Crippen LogP contribution in [0.15, 0.2) is 12.7 Å². The van der Waals surface area contributed by atoms with E-state index in [9.17, 15) is 14.4 Å². The van der Waals surface area contributed by atoms with E-state index in [-0.39, 0.29) is 19.3 Å². The van der Waals surface area contributed by atoms with Crippen molar-refractivity contribution in [3.8, 4) is 0 Å². The van der Waals surface area contributed by atoms with Crippen LogP contribution in [0.25, 0.3) is 0 Å². The van der Waals surface area contributed by atoms with Gasteiger partial charge in [0.05, 0.1) is 11.8 Å². The molecule has 0 amide bonds. The maximum atomic E-state index is 12.4. The highest BCUT2D eigenvalue weighted by Gasteiger charge is 2.40. The van der Waals surface area contributed by atoms with Crippen LogP contribution in [0, 0.1) is 11.8 Å². The maximum Gasteiger partial charge on any atom is 0.330 e. The van der Waals surface area contributed by atoms with Crippen molar-refractivity contribution in [2.75, 3.05) is 13.2 Å². The van der Waals surface area contributed by atoms with Gasteiger partial charge >= 0.3 is 17.9 Å². The topological polar surface area (TPSA) is 97.4 Å². The van der Waals surface area contributed by atoms with Gasteiger partial charge in [0.25, 0.3) is 0 Å². The second kappa shape index (κ2) is 11.7. The first kappa shape index (κ1) is 23.1. The lowest BCUT2D eigenvalue weighted by Gasteiger charge is -2.33. The van der Waals surface area contributed by atoms with Crippen molar-refractivity contribution in [1.82, 2.24) is 0 Å². The molecule has 154 valence electrons. The van der Waals surface area contributed by atoms with Crippen LogP contribution in [0.2, 0.25) is 0 Å². The van der Waals surface area contributed by atoms with Gasteiger partial charge in [0, 0.05) is 19.3 Å². The first-order chi connectivity index (χ1) is 12.8. The molecule has 0 aromatic carbocycles. The van der Waals surface area contributed by atoms with Crippen molar-refractivity contribution in [2.45, 2.75) is 65.6 Å². The van der Waals surface area contributed by atoms with Gasteiger partial charge in [-0.05, 0) is 47.0 Å². The summed E-state index contributed by atoms with van der Waals surface area (Å²) in [5, 5.41) is 0. The van der Waals surface area contributed by atoms with Crippen LogP contribution in [0.4, 0.5) is 0 Å². The van der Waals surface area contributed by atoms with Gasteiger partial charge in [0.15, 0.2) is 12.6 Å². The van der Waals surface area contributed by atoms with Gasteiger partial charge in [-0.1, -0.05) is 6.58 Å². The monoisotopic (exact) mass is 386 g/mol. The minimum atomic E-state index is -0.693. The highest BCUT2D eigenvalue weighted by Crippen LogP contribution is 2.33. The molecule has 1 aliphatic rings. The maximum absolute atomic E-state index is 12.4.